The topological polar surface area (TPSA) is 40.5 Å². The Balaban J connectivity index is 2.63. The molecule has 0 aromatic carbocycles. The molecule has 0 heterocycles. The minimum absolute atomic E-state index is 0.490. The van der Waals surface area contributed by atoms with Gasteiger partial charge in [-0.1, -0.05) is 20.8 Å². The third kappa shape index (κ3) is 3.98. The summed E-state index contributed by atoms with van der Waals surface area (Å²) in [6, 6.07) is 0. The summed E-state index contributed by atoms with van der Waals surface area (Å²) in [5.74, 6) is 0.686. The minimum atomic E-state index is -0.597. The van der Waals surface area contributed by atoms with E-state index in [9.17, 15) is 9.90 Å². The summed E-state index contributed by atoms with van der Waals surface area (Å²) in [5, 5.41) is 9.53. The Bertz CT molecular complexity index is 255. The molecule has 0 aromatic heterocycles. The van der Waals surface area contributed by atoms with Crippen LogP contribution in [0.3, 0.4) is 0 Å². The lowest BCUT2D eigenvalue weighted by Crippen LogP contribution is -2.45. The molecule has 17 heavy (non-hydrogen) atoms. The second-order valence-electron chi connectivity index (χ2n) is 6.36. The minimum Gasteiger partial charge on any atom is -0.481 e. The van der Waals surface area contributed by atoms with Crippen molar-refractivity contribution in [2.24, 2.45) is 17.3 Å². The zero-order valence-corrected chi connectivity index (χ0v) is 11.7. The number of aliphatic carboxylic acids is 1. The molecule has 1 rings (SSSR count). The molecule has 0 atom stereocenters. The maximum atomic E-state index is 11.6. The standard InChI is InChI=1S/C14H27NO2/c1-11(2)9-15(4)10-14(13(16)17)7-5-12(3)6-8-14/h11-12H,5-10H2,1-4H3,(H,16,17). The van der Waals surface area contributed by atoms with E-state index in [2.05, 4.69) is 25.7 Å². The van der Waals surface area contributed by atoms with E-state index in [1.54, 1.807) is 0 Å². The first-order valence-electron chi connectivity index (χ1n) is 6.77. The molecule has 1 aliphatic rings. The van der Waals surface area contributed by atoms with Crippen molar-refractivity contribution in [2.75, 3.05) is 20.1 Å². The van der Waals surface area contributed by atoms with Crippen LogP contribution in [0.25, 0.3) is 0 Å². The highest BCUT2D eigenvalue weighted by atomic mass is 16.4. The summed E-state index contributed by atoms with van der Waals surface area (Å²) >= 11 is 0. The first-order valence-corrected chi connectivity index (χ1v) is 6.77. The molecule has 0 radical (unpaired) electrons. The average Bonchev–Trinajstić information content (AvgIpc) is 2.20. The first kappa shape index (κ1) is 14.5. The summed E-state index contributed by atoms with van der Waals surface area (Å²) in [6.45, 7) is 8.25. The molecule has 0 amide bonds. The molecule has 0 saturated heterocycles. The quantitative estimate of drug-likeness (QED) is 0.804. The molecule has 100 valence electrons. The number of rotatable bonds is 5. The van der Waals surface area contributed by atoms with Crippen LogP contribution >= 0.6 is 0 Å². The second kappa shape index (κ2) is 5.85. The van der Waals surface area contributed by atoms with Gasteiger partial charge < -0.3 is 10.0 Å². The molecule has 1 aliphatic carbocycles. The Hall–Kier alpha value is -0.570. The van der Waals surface area contributed by atoms with Gasteiger partial charge in [0.15, 0.2) is 0 Å². The Kier molecular flexibility index (Phi) is 4.99. The molecule has 3 heteroatoms. The van der Waals surface area contributed by atoms with Crippen LogP contribution in [0.2, 0.25) is 0 Å². The van der Waals surface area contributed by atoms with Crippen LogP contribution in [0.15, 0.2) is 0 Å². The highest BCUT2D eigenvalue weighted by Crippen LogP contribution is 2.39. The van der Waals surface area contributed by atoms with Crippen molar-refractivity contribution in [3.63, 3.8) is 0 Å². The lowest BCUT2D eigenvalue weighted by molar-refractivity contribution is -0.153. The molecule has 0 bridgehead atoms. The Morgan fingerprint density at radius 2 is 1.94 bits per heavy atom. The molecular formula is C14H27NO2. The zero-order chi connectivity index (χ0) is 13.1. The van der Waals surface area contributed by atoms with Gasteiger partial charge in [0.05, 0.1) is 5.41 Å². The maximum absolute atomic E-state index is 11.6. The van der Waals surface area contributed by atoms with Crippen LogP contribution in [-0.2, 0) is 4.79 Å². The van der Waals surface area contributed by atoms with Gasteiger partial charge in [-0.2, -0.15) is 0 Å². The smallest absolute Gasteiger partial charge is 0.310 e. The van der Waals surface area contributed by atoms with Gasteiger partial charge in [0.25, 0.3) is 0 Å². The van der Waals surface area contributed by atoms with Crippen LogP contribution in [0, 0.1) is 17.3 Å². The fourth-order valence-electron chi connectivity index (χ4n) is 2.96. The van der Waals surface area contributed by atoms with E-state index >= 15 is 0 Å². The maximum Gasteiger partial charge on any atom is 0.310 e. The summed E-state index contributed by atoms with van der Waals surface area (Å²) in [7, 11) is 2.04. The van der Waals surface area contributed by atoms with E-state index in [0.717, 1.165) is 32.2 Å². The monoisotopic (exact) mass is 241 g/mol. The van der Waals surface area contributed by atoms with Crippen LogP contribution < -0.4 is 0 Å². The lowest BCUT2D eigenvalue weighted by atomic mass is 9.70. The van der Waals surface area contributed by atoms with E-state index in [-0.39, 0.29) is 0 Å². The van der Waals surface area contributed by atoms with Gasteiger partial charge in [-0.15, -0.1) is 0 Å². The van der Waals surface area contributed by atoms with Crippen LogP contribution in [0.4, 0.5) is 0 Å². The van der Waals surface area contributed by atoms with Gasteiger partial charge in [-0.3, -0.25) is 4.79 Å². The van der Waals surface area contributed by atoms with Gasteiger partial charge in [-0.05, 0) is 44.6 Å². The largest absolute Gasteiger partial charge is 0.481 e. The number of carboxylic acids is 1. The molecule has 0 aliphatic heterocycles. The molecule has 0 unspecified atom stereocenters. The number of hydrogen-bond acceptors (Lipinski definition) is 2. The van der Waals surface area contributed by atoms with Gasteiger partial charge in [0.2, 0.25) is 0 Å². The van der Waals surface area contributed by atoms with Crippen molar-refractivity contribution in [2.45, 2.75) is 46.5 Å². The van der Waals surface area contributed by atoms with Crippen LogP contribution in [0.1, 0.15) is 46.5 Å². The lowest BCUT2D eigenvalue weighted by Gasteiger charge is -2.38. The van der Waals surface area contributed by atoms with E-state index < -0.39 is 11.4 Å². The van der Waals surface area contributed by atoms with Crippen LogP contribution in [-0.4, -0.2) is 36.1 Å². The predicted octanol–water partition coefficient (Wildman–Crippen LogP) is 2.86. The summed E-state index contributed by atoms with van der Waals surface area (Å²) < 4.78 is 0. The third-order valence-corrected chi connectivity index (χ3v) is 3.93. The molecule has 1 saturated carbocycles. The summed E-state index contributed by atoms with van der Waals surface area (Å²) in [6.07, 6.45) is 3.79. The average molecular weight is 241 g/mol. The summed E-state index contributed by atoms with van der Waals surface area (Å²) in [5.41, 5.74) is -0.490. The Morgan fingerprint density at radius 3 is 2.35 bits per heavy atom. The molecule has 0 spiro atoms. The highest BCUT2D eigenvalue weighted by Gasteiger charge is 2.41. The fourth-order valence-corrected chi connectivity index (χ4v) is 2.96. The Labute approximate surface area is 105 Å². The van der Waals surface area contributed by atoms with Gasteiger partial charge in [0.1, 0.15) is 0 Å². The van der Waals surface area contributed by atoms with Gasteiger partial charge in [-0.25, -0.2) is 0 Å². The van der Waals surface area contributed by atoms with E-state index in [1.807, 2.05) is 7.05 Å². The van der Waals surface area contributed by atoms with Crippen molar-refractivity contribution < 1.29 is 9.90 Å². The first-order chi connectivity index (χ1) is 7.85. The fraction of sp³-hybridized carbons (Fsp3) is 0.929. The van der Waals surface area contributed by atoms with Crippen molar-refractivity contribution >= 4 is 5.97 Å². The van der Waals surface area contributed by atoms with E-state index in [0.29, 0.717) is 18.4 Å². The third-order valence-electron chi connectivity index (χ3n) is 3.93. The molecule has 1 N–H and O–H groups in total. The van der Waals surface area contributed by atoms with Crippen LogP contribution in [0.5, 0.6) is 0 Å². The molecule has 0 aromatic rings. The van der Waals surface area contributed by atoms with Crippen molar-refractivity contribution in [1.29, 1.82) is 0 Å². The number of nitrogens with zero attached hydrogens (tertiary/aromatic N) is 1. The highest BCUT2D eigenvalue weighted by molar-refractivity contribution is 5.75. The summed E-state index contributed by atoms with van der Waals surface area (Å²) in [4.78, 5) is 13.8. The molecule has 3 nitrogen and oxygen atoms in total. The van der Waals surface area contributed by atoms with Crippen molar-refractivity contribution in [3.8, 4) is 0 Å². The van der Waals surface area contributed by atoms with Crippen molar-refractivity contribution in [1.82, 2.24) is 4.90 Å². The Morgan fingerprint density at radius 1 is 1.41 bits per heavy atom. The SMILES string of the molecule is CC(C)CN(C)CC1(C(=O)O)CCC(C)CC1. The number of hydrogen-bond donors (Lipinski definition) is 1. The number of carboxylic acid groups (broad SMARTS) is 1. The van der Waals surface area contributed by atoms with Gasteiger partial charge >= 0.3 is 5.97 Å². The predicted molar refractivity (Wildman–Crippen MR) is 70.0 cm³/mol. The van der Waals surface area contributed by atoms with E-state index in [1.165, 1.54) is 0 Å². The molecular weight excluding hydrogens is 214 g/mol. The van der Waals surface area contributed by atoms with Gasteiger partial charge in [0, 0.05) is 13.1 Å². The van der Waals surface area contributed by atoms with E-state index in [4.69, 9.17) is 0 Å². The number of carbonyl (C=O) groups is 1. The normalized spacial score (nSPS) is 29.9. The molecule has 1 fully saturated rings. The zero-order valence-electron chi connectivity index (χ0n) is 11.7. The van der Waals surface area contributed by atoms with Crippen molar-refractivity contribution in [3.05, 3.63) is 0 Å². The second-order valence-corrected chi connectivity index (χ2v) is 6.36.